The predicted octanol–water partition coefficient (Wildman–Crippen LogP) is 3.97. The first-order valence-electron chi connectivity index (χ1n) is 8.02. The van der Waals surface area contributed by atoms with Gasteiger partial charge in [0, 0.05) is 18.0 Å². The van der Waals surface area contributed by atoms with Crippen LogP contribution in [0.3, 0.4) is 0 Å². The molecular weight excluding hydrogens is 272 g/mol. The molecule has 0 aromatic heterocycles. The summed E-state index contributed by atoms with van der Waals surface area (Å²) < 4.78 is 0. The molecule has 3 nitrogen and oxygen atoms in total. The van der Waals surface area contributed by atoms with Crippen LogP contribution in [0.5, 0.6) is 0 Å². The Balaban J connectivity index is 2.16. The summed E-state index contributed by atoms with van der Waals surface area (Å²) in [6.07, 6.45) is 10.1. The quantitative estimate of drug-likeness (QED) is 0.781. The van der Waals surface area contributed by atoms with Gasteiger partial charge in [-0.15, -0.1) is 0 Å². The van der Waals surface area contributed by atoms with Gasteiger partial charge in [-0.2, -0.15) is 5.26 Å². The third-order valence-corrected chi connectivity index (χ3v) is 4.30. The van der Waals surface area contributed by atoms with E-state index in [1.165, 1.54) is 16.7 Å². The van der Waals surface area contributed by atoms with Gasteiger partial charge in [0.1, 0.15) is 0 Å². The Hall–Kier alpha value is -2.08. The third-order valence-electron chi connectivity index (χ3n) is 4.30. The van der Waals surface area contributed by atoms with Crippen molar-refractivity contribution < 1.29 is 4.79 Å². The van der Waals surface area contributed by atoms with Crippen LogP contribution in [0, 0.1) is 17.2 Å². The van der Waals surface area contributed by atoms with Crippen molar-refractivity contribution in [2.75, 3.05) is 6.54 Å². The number of hydrogen-bond acceptors (Lipinski definition) is 2. The molecule has 0 aromatic rings. The highest BCUT2D eigenvalue weighted by atomic mass is 16.1. The maximum Gasteiger partial charge on any atom is 0.247 e. The largest absolute Gasteiger partial charge is 0.348 e. The third kappa shape index (κ3) is 3.76. The summed E-state index contributed by atoms with van der Waals surface area (Å²) in [4.78, 5) is 11.7. The maximum absolute atomic E-state index is 11.7. The molecule has 0 aromatic carbocycles. The molecule has 0 saturated heterocycles. The molecule has 0 bridgehead atoms. The molecule has 1 N–H and O–H groups in total. The molecule has 0 spiro atoms. The van der Waals surface area contributed by atoms with E-state index in [1.807, 2.05) is 6.92 Å². The van der Waals surface area contributed by atoms with E-state index in [0.29, 0.717) is 6.54 Å². The molecule has 116 valence electrons. The number of carbonyl (C=O) groups is 1. The molecular formula is C19H24N2O. The Morgan fingerprint density at radius 2 is 2.23 bits per heavy atom. The fourth-order valence-electron chi connectivity index (χ4n) is 3.03. The molecule has 1 unspecified atom stereocenters. The van der Waals surface area contributed by atoms with Crippen LogP contribution in [-0.4, -0.2) is 12.5 Å². The van der Waals surface area contributed by atoms with Crippen LogP contribution in [0.1, 0.15) is 46.5 Å². The average Bonchev–Trinajstić information content (AvgIpc) is 2.88. The highest BCUT2D eigenvalue weighted by molar-refractivity contribution is 5.98. The number of hydrogen-bond donors (Lipinski definition) is 1. The van der Waals surface area contributed by atoms with Crippen LogP contribution in [0.4, 0.5) is 0 Å². The number of nitriles is 1. The SMILES string of the molecule is CC/C(=C\C=C(/C)CC(C)C#N)C1=CC2=C(CC1)C(=O)NC2. The van der Waals surface area contributed by atoms with E-state index in [0.717, 1.165) is 36.8 Å². The molecule has 1 aliphatic heterocycles. The lowest BCUT2D eigenvalue weighted by molar-refractivity contribution is -0.116. The molecule has 22 heavy (non-hydrogen) atoms. The van der Waals surface area contributed by atoms with Gasteiger partial charge in [-0.05, 0) is 56.3 Å². The highest BCUT2D eigenvalue weighted by Gasteiger charge is 2.24. The van der Waals surface area contributed by atoms with E-state index in [1.54, 1.807) is 0 Å². The lowest BCUT2D eigenvalue weighted by Crippen LogP contribution is -2.17. The zero-order valence-corrected chi connectivity index (χ0v) is 13.7. The van der Waals surface area contributed by atoms with Gasteiger partial charge >= 0.3 is 0 Å². The summed E-state index contributed by atoms with van der Waals surface area (Å²) in [7, 11) is 0. The van der Waals surface area contributed by atoms with E-state index in [9.17, 15) is 4.79 Å². The molecule has 0 saturated carbocycles. The Morgan fingerprint density at radius 3 is 2.91 bits per heavy atom. The number of rotatable bonds is 5. The summed E-state index contributed by atoms with van der Waals surface area (Å²) in [6, 6.07) is 2.27. The van der Waals surface area contributed by atoms with Gasteiger partial charge in [0.05, 0.1) is 6.07 Å². The Morgan fingerprint density at radius 1 is 1.45 bits per heavy atom. The van der Waals surface area contributed by atoms with Gasteiger partial charge in [-0.3, -0.25) is 4.79 Å². The summed E-state index contributed by atoms with van der Waals surface area (Å²) in [5, 5.41) is 11.8. The van der Waals surface area contributed by atoms with Crippen molar-refractivity contribution in [1.29, 1.82) is 5.26 Å². The Kier molecular flexibility index (Phi) is 5.38. The number of nitrogens with one attached hydrogen (secondary N) is 1. The van der Waals surface area contributed by atoms with E-state index < -0.39 is 0 Å². The van der Waals surface area contributed by atoms with Crippen molar-refractivity contribution in [2.24, 2.45) is 5.92 Å². The summed E-state index contributed by atoms with van der Waals surface area (Å²) in [5.74, 6) is 0.167. The van der Waals surface area contributed by atoms with Gasteiger partial charge in [0.25, 0.3) is 0 Å². The van der Waals surface area contributed by atoms with E-state index in [2.05, 4.69) is 43.5 Å². The van der Waals surface area contributed by atoms with Gasteiger partial charge in [0.2, 0.25) is 5.91 Å². The first kappa shape index (κ1) is 16.3. The molecule has 1 aliphatic carbocycles. The highest BCUT2D eigenvalue weighted by Crippen LogP contribution is 2.31. The van der Waals surface area contributed by atoms with Crippen molar-refractivity contribution >= 4 is 5.91 Å². The smallest absolute Gasteiger partial charge is 0.247 e. The number of nitrogens with zero attached hydrogens (tertiary/aromatic N) is 1. The number of allylic oxidation sites excluding steroid dienone is 5. The predicted molar refractivity (Wildman–Crippen MR) is 88.9 cm³/mol. The second kappa shape index (κ2) is 7.26. The fourth-order valence-corrected chi connectivity index (χ4v) is 3.03. The van der Waals surface area contributed by atoms with Crippen LogP contribution in [0.15, 0.2) is 46.1 Å². The minimum absolute atomic E-state index is 0.0620. The lowest BCUT2D eigenvalue weighted by Gasteiger charge is -2.16. The second-order valence-electron chi connectivity index (χ2n) is 6.15. The van der Waals surface area contributed by atoms with Crippen LogP contribution in [0.25, 0.3) is 0 Å². The van der Waals surface area contributed by atoms with Gasteiger partial charge in [0.15, 0.2) is 0 Å². The van der Waals surface area contributed by atoms with Crippen molar-refractivity contribution in [3.8, 4) is 6.07 Å². The number of amides is 1. The van der Waals surface area contributed by atoms with Crippen molar-refractivity contribution in [1.82, 2.24) is 5.32 Å². The number of carbonyl (C=O) groups excluding carboxylic acids is 1. The van der Waals surface area contributed by atoms with Crippen molar-refractivity contribution in [2.45, 2.75) is 46.5 Å². The minimum atomic E-state index is 0.0620. The van der Waals surface area contributed by atoms with Crippen molar-refractivity contribution in [3.05, 3.63) is 46.1 Å². The first-order chi connectivity index (χ1) is 10.5. The molecule has 1 atom stereocenters. The van der Waals surface area contributed by atoms with Gasteiger partial charge in [-0.25, -0.2) is 0 Å². The Labute approximate surface area is 133 Å². The van der Waals surface area contributed by atoms with Crippen LogP contribution in [-0.2, 0) is 4.79 Å². The molecule has 2 rings (SSSR count). The molecule has 2 aliphatic rings. The topological polar surface area (TPSA) is 52.9 Å². The maximum atomic E-state index is 11.7. The standard InChI is InChI=1S/C19H24N2O/c1-4-15(6-5-13(2)9-14(3)11-20)16-7-8-18-17(10-16)12-21-19(18)22/h5-6,10,14H,4,7-9,12H2,1-3H3,(H,21,22)/b13-5+,15-6+. The second-order valence-corrected chi connectivity index (χ2v) is 6.15. The molecule has 0 radical (unpaired) electrons. The summed E-state index contributed by atoms with van der Waals surface area (Å²) >= 11 is 0. The zero-order valence-electron chi connectivity index (χ0n) is 13.7. The van der Waals surface area contributed by atoms with Crippen LogP contribution < -0.4 is 5.32 Å². The lowest BCUT2D eigenvalue weighted by atomic mass is 9.88. The Bertz CT molecular complexity index is 626. The van der Waals surface area contributed by atoms with Crippen LogP contribution >= 0.6 is 0 Å². The average molecular weight is 296 g/mol. The van der Waals surface area contributed by atoms with Gasteiger partial charge < -0.3 is 5.32 Å². The molecule has 0 fully saturated rings. The summed E-state index contributed by atoms with van der Waals surface area (Å²) in [5.41, 5.74) is 6.03. The zero-order chi connectivity index (χ0) is 16.1. The van der Waals surface area contributed by atoms with E-state index in [-0.39, 0.29) is 11.8 Å². The van der Waals surface area contributed by atoms with Gasteiger partial charge in [-0.1, -0.05) is 30.7 Å². The van der Waals surface area contributed by atoms with Crippen LogP contribution in [0.2, 0.25) is 0 Å². The molecule has 1 heterocycles. The first-order valence-corrected chi connectivity index (χ1v) is 8.02. The molecule has 3 heteroatoms. The molecule has 1 amide bonds. The monoisotopic (exact) mass is 296 g/mol. The summed E-state index contributed by atoms with van der Waals surface area (Å²) in [6.45, 7) is 6.86. The van der Waals surface area contributed by atoms with Crippen molar-refractivity contribution in [3.63, 3.8) is 0 Å². The normalized spacial score (nSPS) is 20.3. The fraction of sp³-hybridized carbons (Fsp3) is 0.474. The van der Waals surface area contributed by atoms with E-state index in [4.69, 9.17) is 5.26 Å². The minimum Gasteiger partial charge on any atom is -0.348 e. The van der Waals surface area contributed by atoms with E-state index >= 15 is 0 Å².